The van der Waals surface area contributed by atoms with Crippen LogP contribution in [0.5, 0.6) is 0 Å². The lowest BCUT2D eigenvalue weighted by Crippen LogP contribution is -2.34. The van der Waals surface area contributed by atoms with Crippen LogP contribution in [0.15, 0.2) is 12.1 Å². The van der Waals surface area contributed by atoms with Crippen LogP contribution in [0.25, 0.3) is 0 Å². The van der Waals surface area contributed by atoms with Crippen molar-refractivity contribution in [3.8, 4) is 0 Å². The maximum absolute atomic E-state index is 11.0. The van der Waals surface area contributed by atoms with Crippen molar-refractivity contribution in [1.82, 2.24) is 4.98 Å². The molecule has 0 aliphatic carbocycles. The molecule has 21 heavy (non-hydrogen) atoms. The van der Waals surface area contributed by atoms with Crippen LogP contribution in [0.2, 0.25) is 0 Å². The fourth-order valence-electron chi connectivity index (χ4n) is 1.95. The maximum atomic E-state index is 11.0. The van der Waals surface area contributed by atoms with E-state index in [2.05, 4.69) is 15.6 Å². The standard InChI is InChI=1S/C13H20N4O4/c1-2-5-14-12-4-3-11(17(18)19)13(16-12)15-8-10-9-20-6-7-21-10/h3-4,10H,2,5-9H2,1H3,(H2,14,15,16). The molecule has 0 bridgehead atoms. The summed E-state index contributed by atoms with van der Waals surface area (Å²) < 4.78 is 10.8. The van der Waals surface area contributed by atoms with Crippen LogP contribution < -0.4 is 10.6 Å². The highest BCUT2D eigenvalue weighted by atomic mass is 16.6. The fraction of sp³-hybridized carbons (Fsp3) is 0.615. The molecule has 2 rings (SSSR count). The molecule has 0 amide bonds. The van der Waals surface area contributed by atoms with Gasteiger partial charge in [0, 0.05) is 19.2 Å². The number of hydrogen-bond acceptors (Lipinski definition) is 7. The molecule has 1 atom stereocenters. The fourth-order valence-corrected chi connectivity index (χ4v) is 1.95. The third-order valence-corrected chi connectivity index (χ3v) is 3.01. The Morgan fingerprint density at radius 3 is 2.95 bits per heavy atom. The summed E-state index contributed by atoms with van der Waals surface area (Å²) in [7, 11) is 0. The summed E-state index contributed by atoms with van der Waals surface area (Å²) in [6.07, 6.45) is 0.835. The van der Waals surface area contributed by atoms with E-state index in [0.29, 0.717) is 32.2 Å². The second kappa shape index (κ2) is 7.75. The van der Waals surface area contributed by atoms with Gasteiger partial charge in [0.15, 0.2) is 0 Å². The van der Waals surface area contributed by atoms with Crippen molar-refractivity contribution in [2.24, 2.45) is 0 Å². The van der Waals surface area contributed by atoms with E-state index in [1.54, 1.807) is 6.07 Å². The quantitative estimate of drug-likeness (QED) is 0.583. The predicted molar refractivity (Wildman–Crippen MR) is 78.7 cm³/mol. The van der Waals surface area contributed by atoms with Crippen LogP contribution in [0.4, 0.5) is 17.3 Å². The van der Waals surface area contributed by atoms with Gasteiger partial charge in [-0.3, -0.25) is 10.1 Å². The van der Waals surface area contributed by atoms with Gasteiger partial charge in [-0.2, -0.15) is 0 Å². The van der Waals surface area contributed by atoms with Crippen molar-refractivity contribution in [3.05, 3.63) is 22.2 Å². The van der Waals surface area contributed by atoms with Crippen LogP contribution in [-0.4, -0.2) is 48.9 Å². The van der Waals surface area contributed by atoms with Gasteiger partial charge in [0.2, 0.25) is 5.82 Å². The van der Waals surface area contributed by atoms with Crippen molar-refractivity contribution >= 4 is 17.3 Å². The van der Waals surface area contributed by atoms with E-state index in [9.17, 15) is 10.1 Å². The maximum Gasteiger partial charge on any atom is 0.311 e. The number of nitrogens with zero attached hydrogens (tertiary/aromatic N) is 2. The van der Waals surface area contributed by atoms with Crippen molar-refractivity contribution in [3.63, 3.8) is 0 Å². The summed E-state index contributed by atoms with van der Waals surface area (Å²) in [6, 6.07) is 3.06. The van der Waals surface area contributed by atoms with Gasteiger partial charge in [-0.15, -0.1) is 0 Å². The Labute approximate surface area is 123 Å². The monoisotopic (exact) mass is 296 g/mol. The number of hydrogen-bond donors (Lipinski definition) is 2. The second-order valence-corrected chi connectivity index (χ2v) is 4.70. The van der Waals surface area contributed by atoms with E-state index in [0.717, 1.165) is 13.0 Å². The van der Waals surface area contributed by atoms with E-state index in [1.165, 1.54) is 6.07 Å². The van der Waals surface area contributed by atoms with Gasteiger partial charge in [0.1, 0.15) is 5.82 Å². The van der Waals surface area contributed by atoms with Gasteiger partial charge < -0.3 is 20.1 Å². The third-order valence-electron chi connectivity index (χ3n) is 3.01. The van der Waals surface area contributed by atoms with Gasteiger partial charge in [0.05, 0.1) is 30.8 Å². The van der Waals surface area contributed by atoms with Gasteiger partial charge in [-0.25, -0.2) is 4.98 Å². The average molecular weight is 296 g/mol. The Balaban J connectivity index is 2.04. The van der Waals surface area contributed by atoms with E-state index in [-0.39, 0.29) is 17.6 Å². The summed E-state index contributed by atoms with van der Waals surface area (Å²) in [6.45, 7) is 4.84. The second-order valence-electron chi connectivity index (χ2n) is 4.70. The summed E-state index contributed by atoms with van der Waals surface area (Å²) >= 11 is 0. The van der Waals surface area contributed by atoms with Crippen LogP contribution in [0, 0.1) is 10.1 Å². The Hall–Kier alpha value is -1.93. The minimum atomic E-state index is -0.447. The third kappa shape index (κ3) is 4.54. The summed E-state index contributed by atoms with van der Waals surface area (Å²) in [5, 5.41) is 17.1. The average Bonchev–Trinajstić information content (AvgIpc) is 2.51. The SMILES string of the molecule is CCCNc1ccc([N+](=O)[O-])c(NCC2COCCO2)n1. The molecular weight excluding hydrogens is 276 g/mol. The van der Waals surface area contributed by atoms with Gasteiger partial charge in [-0.1, -0.05) is 6.92 Å². The van der Waals surface area contributed by atoms with E-state index in [4.69, 9.17) is 9.47 Å². The molecule has 1 aromatic rings. The number of nitrogens with one attached hydrogen (secondary N) is 2. The van der Waals surface area contributed by atoms with E-state index < -0.39 is 4.92 Å². The molecule has 2 heterocycles. The first-order valence-electron chi connectivity index (χ1n) is 7.03. The number of pyridine rings is 1. The molecule has 116 valence electrons. The molecule has 2 N–H and O–H groups in total. The highest BCUT2D eigenvalue weighted by Crippen LogP contribution is 2.24. The molecule has 0 aromatic carbocycles. The topological polar surface area (TPSA) is 98.6 Å². The lowest BCUT2D eigenvalue weighted by molar-refractivity contribution is -0.384. The Morgan fingerprint density at radius 2 is 2.29 bits per heavy atom. The van der Waals surface area contributed by atoms with Gasteiger partial charge in [0.25, 0.3) is 0 Å². The largest absolute Gasteiger partial charge is 0.376 e. The first-order chi connectivity index (χ1) is 10.2. The van der Waals surface area contributed by atoms with Gasteiger partial charge >= 0.3 is 5.69 Å². The molecule has 0 radical (unpaired) electrons. The molecule has 1 saturated heterocycles. The molecule has 1 fully saturated rings. The van der Waals surface area contributed by atoms with Gasteiger partial charge in [-0.05, 0) is 12.5 Å². The van der Waals surface area contributed by atoms with Crippen molar-refractivity contribution in [2.75, 3.05) is 43.5 Å². The first-order valence-corrected chi connectivity index (χ1v) is 7.03. The minimum absolute atomic E-state index is 0.0474. The highest BCUT2D eigenvalue weighted by Gasteiger charge is 2.19. The molecule has 8 heteroatoms. The minimum Gasteiger partial charge on any atom is -0.376 e. The van der Waals surface area contributed by atoms with E-state index in [1.807, 2.05) is 6.92 Å². The lowest BCUT2D eigenvalue weighted by atomic mass is 10.3. The summed E-state index contributed by atoms with van der Waals surface area (Å²) in [5.41, 5.74) is -0.0474. The molecular formula is C13H20N4O4. The van der Waals surface area contributed by atoms with Crippen LogP contribution in [-0.2, 0) is 9.47 Å². The number of aromatic nitrogens is 1. The van der Waals surface area contributed by atoms with Crippen LogP contribution in [0.1, 0.15) is 13.3 Å². The van der Waals surface area contributed by atoms with Crippen LogP contribution >= 0.6 is 0 Å². The first kappa shape index (κ1) is 15.5. The summed E-state index contributed by atoms with van der Waals surface area (Å²) in [4.78, 5) is 14.9. The smallest absolute Gasteiger partial charge is 0.311 e. The zero-order valence-corrected chi connectivity index (χ0v) is 12.0. The molecule has 1 aliphatic rings. The molecule has 1 aromatic heterocycles. The number of anilines is 2. The molecule has 1 aliphatic heterocycles. The normalized spacial score (nSPS) is 18.2. The van der Waals surface area contributed by atoms with Crippen molar-refractivity contribution in [2.45, 2.75) is 19.4 Å². The van der Waals surface area contributed by atoms with Crippen LogP contribution in [0.3, 0.4) is 0 Å². The zero-order valence-electron chi connectivity index (χ0n) is 12.0. The Bertz CT molecular complexity index is 477. The highest BCUT2D eigenvalue weighted by molar-refractivity contribution is 5.60. The molecule has 0 spiro atoms. The Kier molecular flexibility index (Phi) is 5.70. The predicted octanol–water partition coefficient (Wildman–Crippen LogP) is 1.64. The molecule has 0 saturated carbocycles. The zero-order chi connectivity index (χ0) is 15.1. The van der Waals surface area contributed by atoms with Crippen molar-refractivity contribution < 1.29 is 14.4 Å². The number of nitro groups is 1. The molecule has 1 unspecified atom stereocenters. The summed E-state index contributed by atoms with van der Waals surface area (Å²) in [5.74, 6) is 0.862. The lowest BCUT2D eigenvalue weighted by Gasteiger charge is -2.23. The van der Waals surface area contributed by atoms with E-state index >= 15 is 0 Å². The Morgan fingerprint density at radius 1 is 1.43 bits per heavy atom. The number of ether oxygens (including phenoxy) is 2. The molecule has 8 nitrogen and oxygen atoms in total. The number of rotatable bonds is 7. The van der Waals surface area contributed by atoms with Crippen molar-refractivity contribution in [1.29, 1.82) is 0 Å².